The first-order valence-corrected chi connectivity index (χ1v) is 5.89. The number of hydrogen-bond donors (Lipinski definition) is 0. The summed E-state index contributed by atoms with van der Waals surface area (Å²) in [6, 6.07) is 4.56. The van der Waals surface area contributed by atoms with Gasteiger partial charge in [0.05, 0.1) is 4.92 Å². The summed E-state index contributed by atoms with van der Waals surface area (Å²) in [5.74, 6) is 0. The van der Waals surface area contributed by atoms with Crippen molar-refractivity contribution >= 4 is 17.1 Å². The number of likely N-dealkylation sites (N-methyl/N-ethyl adjacent to an activating group) is 1. The minimum absolute atomic E-state index is 0.0190. The molecule has 0 spiro atoms. The van der Waals surface area contributed by atoms with Crippen molar-refractivity contribution in [3.8, 4) is 0 Å². The fraction of sp³-hybridized carbons (Fsp3) is 0.455. The zero-order chi connectivity index (χ0) is 13.8. The molecule has 8 heteroatoms. The van der Waals surface area contributed by atoms with Crippen LogP contribution in [-0.2, 0) is 0 Å². The Morgan fingerprint density at radius 2 is 2.05 bits per heavy atom. The highest BCUT2D eigenvalue weighted by Gasteiger charge is 2.22. The summed E-state index contributed by atoms with van der Waals surface area (Å²) < 4.78 is 0. The monoisotopic (exact) mass is 262 g/mol. The second-order valence-electron chi connectivity index (χ2n) is 4.41. The standard InChI is InChI=1S/C11H14N6O2/c1-15-4-6-16(7-5-15)10-3-2-9(13-14-12)8-11(10)17(18)19/h2-3,8H,4-7H2,1H3. The van der Waals surface area contributed by atoms with E-state index in [-0.39, 0.29) is 11.4 Å². The van der Waals surface area contributed by atoms with Crippen LogP contribution in [0.25, 0.3) is 10.4 Å². The molecule has 2 rings (SSSR count). The SMILES string of the molecule is CN1CCN(c2ccc(N=[N+]=[N-])cc2[N+](=O)[O-])CC1. The van der Waals surface area contributed by atoms with Gasteiger partial charge in [-0.05, 0) is 18.6 Å². The van der Waals surface area contributed by atoms with E-state index in [0.29, 0.717) is 5.69 Å². The minimum Gasteiger partial charge on any atom is -0.363 e. The van der Waals surface area contributed by atoms with Crippen molar-refractivity contribution < 1.29 is 4.92 Å². The van der Waals surface area contributed by atoms with Gasteiger partial charge in [0.1, 0.15) is 5.69 Å². The highest BCUT2D eigenvalue weighted by molar-refractivity contribution is 5.68. The second kappa shape index (κ2) is 5.55. The summed E-state index contributed by atoms with van der Waals surface area (Å²) in [5.41, 5.74) is 9.19. The molecule has 19 heavy (non-hydrogen) atoms. The molecule has 0 saturated carbocycles. The summed E-state index contributed by atoms with van der Waals surface area (Å²) in [6.45, 7) is 3.24. The Morgan fingerprint density at radius 1 is 1.37 bits per heavy atom. The van der Waals surface area contributed by atoms with Crippen LogP contribution in [0.2, 0.25) is 0 Å². The Morgan fingerprint density at radius 3 is 2.63 bits per heavy atom. The first kappa shape index (κ1) is 13.1. The Hall–Kier alpha value is -2.31. The maximum Gasteiger partial charge on any atom is 0.292 e. The number of piperazine rings is 1. The Kier molecular flexibility index (Phi) is 3.84. The highest BCUT2D eigenvalue weighted by Crippen LogP contribution is 2.32. The van der Waals surface area contributed by atoms with Crippen molar-refractivity contribution in [2.45, 2.75) is 0 Å². The van der Waals surface area contributed by atoms with Crippen molar-refractivity contribution in [2.75, 3.05) is 38.1 Å². The number of nitro groups is 1. The average Bonchev–Trinajstić information content (AvgIpc) is 2.40. The molecular weight excluding hydrogens is 248 g/mol. The lowest BCUT2D eigenvalue weighted by Gasteiger charge is -2.33. The van der Waals surface area contributed by atoms with Crippen LogP contribution in [0.1, 0.15) is 0 Å². The van der Waals surface area contributed by atoms with Crippen LogP contribution in [0.3, 0.4) is 0 Å². The number of azide groups is 1. The van der Waals surface area contributed by atoms with Gasteiger partial charge in [0.15, 0.2) is 0 Å². The fourth-order valence-corrected chi connectivity index (χ4v) is 2.09. The molecule has 1 heterocycles. The number of nitrogens with zero attached hydrogens (tertiary/aromatic N) is 6. The van der Waals surface area contributed by atoms with Gasteiger partial charge in [0.2, 0.25) is 0 Å². The van der Waals surface area contributed by atoms with Gasteiger partial charge in [-0.2, -0.15) is 0 Å². The van der Waals surface area contributed by atoms with E-state index in [4.69, 9.17) is 5.53 Å². The normalized spacial score (nSPS) is 15.9. The lowest BCUT2D eigenvalue weighted by atomic mass is 10.2. The third-order valence-electron chi connectivity index (χ3n) is 3.16. The zero-order valence-electron chi connectivity index (χ0n) is 10.6. The van der Waals surface area contributed by atoms with Gasteiger partial charge in [-0.25, -0.2) is 0 Å². The van der Waals surface area contributed by atoms with Gasteiger partial charge in [-0.3, -0.25) is 10.1 Å². The number of anilines is 1. The topological polar surface area (TPSA) is 98.4 Å². The van der Waals surface area contributed by atoms with Gasteiger partial charge in [-0.15, -0.1) is 0 Å². The van der Waals surface area contributed by atoms with Crippen molar-refractivity contribution in [2.24, 2.45) is 5.11 Å². The quantitative estimate of drug-likeness (QED) is 0.274. The van der Waals surface area contributed by atoms with E-state index in [2.05, 4.69) is 14.9 Å². The lowest BCUT2D eigenvalue weighted by molar-refractivity contribution is -0.384. The van der Waals surface area contributed by atoms with Gasteiger partial charge in [-0.1, -0.05) is 11.2 Å². The maximum atomic E-state index is 11.1. The zero-order valence-corrected chi connectivity index (χ0v) is 10.6. The van der Waals surface area contributed by atoms with Crippen LogP contribution in [0.15, 0.2) is 23.3 Å². The van der Waals surface area contributed by atoms with Crippen LogP contribution in [0.5, 0.6) is 0 Å². The molecule has 8 nitrogen and oxygen atoms in total. The molecule has 0 aliphatic carbocycles. The molecule has 1 aliphatic heterocycles. The summed E-state index contributed by atoms with van der Waals surface area (Å²) >= 11 is 0. The minimum atomic E-state index is -0.440. The van der Waals surface area contributed by atoms with E-state index in [1.165, 1.54) is 6.07 Å². The van der Waals surface area contributed by atoms with E-state index in [1.54, 1.807) is 12.1 Å². The number of benzene rings is 1. The second-order valence-corrected chi connectivity index (χ2v) is 4.41. The maximum absolute atomic E-state index is 11.1. The number of rotatable bonds is 3. The average molecular weight is 262 g/mol. The van der Waals surface area contributed by atoms with Crippen molar-refractivity contribution in [3.05, 3.63) is 38.8 Å². The third kappa shape index (κ3) is 2.93. The van der Waals surface area contributed by atoms with Gasteiger partial charge >= 0.3 is 0 Å². The predicted octanol–water partition coefficient (Wildman–Crippen LogP) is 2.29. The third-order valence-corrected chi connectivity index (χ3v) is 3.16. The fourth-order valence-electron chi connectivity index (χ4n) is 2.09. The molecule has 1 aliphatic rings. The lowest BCUT2D eigenvalue weighted by Crippen LogP contribution is -2.44. The summed E-state index contributed by atoms with van der Waals surface area (Å²) in [6.07, 6.45) is 0. The molecule has 1 aromatic rings. The summed E-state index contributed by atoms with van der Waals surface area (Å²) in [7, 11) is 2.02. The van der Waals surface area contributed by atoms with Crippen LogP contribution in [0.4, 0.5) is 17.1 Å². The Labute approximate surface area is 110 Å². The molecule has 0 bridgehead atoms. The van der Waals surface area contributed by atoms with Crippen molar-refractivity contribution in [1.29, 1.82) is 0 Å². The van der Waals surface area contributed by atoms with Crippen LogP contribution >= 0.6 is 0 Å². The molecule has 0 amide bonds. The van der Waals surface area contributed by atoms with Crippen LogP contribution in [0, 0.1) is 10.1 Å². The molecule has 1 saturated heterocycles. The number of hydrogen-bond acceptors (Lipinski definition) is 5. The molecule has 0 unspecified atom stereocenters. The number of nitro benzene ring substituents is 1. The molecule has 0 N–H and O–H groups in total. The molecule has 0 atom stereocenters. The van der Waals surface area contributed by atoms with Gasteiger partial charge in [0.25, 0.3) is 5.69 Å². The summed E-state index contributed by atoms with van der Waals surface area (Å²) in [5, 5.41) is 14.5. The van der Waals surface area contributed by atoms with E-state index in [9.17, 15) is 10.1 Å². The highest BCUT2D eigenvalue weighted by atomic mass is 16.6. The van der Waals surface area contributed by atoms with Crippen molar-refractivity contribution in [1.82, 2.24) is 4.90 Å². The van der Waals surface area contributed by atoms with E-state index >= 15 is 0 Å². The largest absolute Gasteiger partial charge is 0.363 e. The molecule has 0 aromatic heterocycles. The molecule has 0 radical (unpaired) electrons. The smallest absolute Gasteiger partial charge is 0.292 e. The van der Waals surface area contributed by atoms with E-state index in [1.807, 2.05) is 11.9 Å². The van der Waals surface area contributed by atoms with Crippen LogP contribution < -0.4 is 4.90 Å². The van der Waals surface area contributed by atoms with Crippen LogP contribution in [-0.4, -0.2) is 43.0 Å². The van der Waals surface area contributed by atoms with Crippen molar-refractivity contribution in [3.63, 3.8) is 0 Å². The van der Waals surface area contributed by atoms with E-state index < -0.39 is 4.92 Å². The summed E-state index contributed by atoms with van der Waals surface area (Å²) in [4.78, 5) is 17.5. The van der Waals surface area contributed by atoms with Gasteiger partial charge in [0, 0.05) is 42.8 Å². The first-order valence-electron chi connectivity index (χ1n) is 5.89. The Bertz CT molecular complexity index is 532. The Balaban J connectivity index is 2.34. The molecule has 1 aromatic carbocycles. The molecule has 1 fully saturated rings. The molecule has 100 valence electrons. The molecular formula is C11H14N6O2. The first-order chi connectivity index (χ1) is 9.11. The van der Waals surface area contributed by atoms with E-state index in [0.717, 1.165) is 26.2 Å². The van der Waals surface area contributed by atoms with Gasteiger partial charge < -0.3 is 9.80 Å². The predicted molar refractivity (Wildman–Crippen MR) is 71.6 cm³/mol.